The van der Waals surface area contributed by atoms with E-state index in [0.29, 0.717) is 13.0 Å². The Bertz CT molecular complexity index is 500. The Balaban J connectivity index is 1.80. The number of hydrogen-bond acceptors (Lipinski definition) is 3. The van der Waals surface area contributed by atoms with E-state index in [1.807, 2.05) is 30.3 Å². The van der Waals surface area contributed by atoms with Crippen LogP contribution in [0.3, 0.4) is 0 Å². The first kappa shape index (κ1) is 26.7. The highest BCUT2D eigenvalue weighted by Crippen LogP contribution is 2.14. The molecule has 0 bridgehead atoms. The van der Waals surface area contributed by atoms with Gasteiger partial charge in [0.1, 0.15) is 0 Å². The first-order valence-corrected chi connectivity index (χ1v) is 12.6. The highest BCUT2D eigenvalue weighted by atomic mass is 16.5. The Kier molecular flexibility index (Phi) is 17.4. The summed E-state index contributed by atoms with van der Waals surface area (Å²) >= 11 is 0. The van der Waals surface area contributed by atoms with Crippen molar-refractivity contribution < 1.29 is 14.6 Å². The molecule has 1 aromatic rings. The quantitative estimate of drug-likeness (QED) is 0.177. The highest BCUT2D eigenvalue weighted by molar-refractivity contribution is 5.74. The summed E-state index contributed by atoms with van der Waals surface area (Å²) in [5.41, 5.74) is 0.948. The van der Waals surface area contributed by atoms with Gasteiger partial charge < -0.3 is 9.84 Å². The van der Waals surface area contributed by atoms with E-state index in [1.54, 1.807) is 0 Å². The van der Waals surface area contributed by atoms with Crippen LogP contribution in [0, 0.1) is 0 Å². The lowest BCUT2D eigenvalue weighted by Gasteiger charge is -2.10. The molecule has 0 spiro atoms. The zero-order valence-electron chi connectivity index (χ0n) is 19.5. The molecular formula is C27H46O3. The molecule has 0 fully saturated rings. The molecule has 0 aliphatic carbocycles. The molecule has 1 aromatic carbocycles. The second-order valence-electron chi connectivity index (χ2n) is 8.68. The van der Waals surface area contributed by atoms with E-state index < -0.39 is 12.1 Å². The van der Waals surface area contributed by atoms with E-state index in [4.69, 9.17) is 4.74 Å². The number of aliphatic hydroxyl groups is 1. The van der Waals surface area contributed by atoms with Crippen LogP contribution in [0.1, 0.15) is 115 Å². The predicted molar refractivity (Wildman–Crippen MR) is 127 cm³/mol. The first-order chi connectivity index (χ1) is 14.7. The number of hydrogen-bond donors (Lipinski definition) is 1. The fourth-order valence-electron chi connectivity index (χ4n) is 3.84. The highest BCUT2D eigenvalue weighted by Gasteiger charge is 2.16. The van der Waals surface area contributed by atoms with Crippen LogP contribution in [0.5, 0.6) is 0 Å². The average Bonchev–Trinajstić information content (AvgIpc) is 2.76. The molecule has 0 saturated heterocycles. The summed E-state index contributed by atoms with van der Waals surface area (Å²) in [7, 11) is 0. The molecule has 0 aliphatic heterocycles. The molecule has 1 N–H and O–H groups in total. The van der Waals surface area contributed by atoms with E-state index in [0.717, 1.165) is 18.4 Å². The van der Waals surface area contributed by atoms with Gasteiger partial charge in [0, 0.05) is 6.42 Å². The van der Waals surface area contributed by atoms with Gasteiger partial charge in [-0.3, -0.25) is 0 Å². The molecule has 0 heterocycles. The summed E-state index contributed by atoms with van der Waals surface area (Å²) < 4.78 is 5.21. The molecule has 1 rings (SSSR count). The molecule has 3 heteroatoms. The molecule has 0 radical (unpaired) electrons. The van der Waals surface area contributed by atoms with Crippen LogP contribution in [0.25, 0.3) is 0 Å². The summed E-state index contributed by atoms with van der Waals surface area (Å²) in [6.45, 7) is 2.70. The molecule has 172 valence electrons. The van der Waals surface area contributed by atoms with Crippen molar-refractivity contribution in [1.82, 2.24) is 0 Å². The average molecular weight is 419 g/mol. The van der Waals surface area contributed by atoms with Gasteiger partial charge in [-0.1, -0.05) is 134 Å². The zero-order chi connectivity index (χ0) is 21.7. The van der Waals surface area contributed by atoms with Gasteiger partial charge in [0.05, 0.1) is 6.61 Å². The Morgan fingerprint density at radius 2 is 1.17 bits per heavy atom. The van der Waals surface area contributed by atoms with Crippen molar-refractivity contribution in [3.63, 3.8) is 0 Å². The van der Waals surface area contributed by atoms with Gasteiger partial charge in [0.2, 0.25) is 0 Å². The number of aliphatic hydroxyl groups excluding tert-OH is 1. The molecule has 1 unspecified atom stereocenters. The van der Waals surface area contributed by atoms with Gasteiger partial charge >= 0.3 is 5.97 Å². The fraction of sp³-hybridized carbons (Fsp3) is 0.741. The van der Waals surface area contributed by atoms with Crippen LogP contribution in [0.4, 0.5) is 0 Å². The van der Waals surface area contributed by atoms with Crippen molar-refractivity contribution in [3.8, 4) is 0 Å². The molecular weight excluding hydrogens is 372 g/mol. The SMILES string of the molecule is CCCCCCCCCCCCCCCCCCOC(=O)C(O)Cc1ccccc1. The van der Waals surface area contributed by atoms with Crippen LogP contribution >= 0.6 is 0 Å². The number of ether oxygens (including phenoxy) is 1. The third kappa shape index (κ3) is 15.5. The van der Waals surface area contributed by atoms with Crippen molar-refractivity contribution in [3.05, 3.63) is 35.9 Å². The third-order valence-corrected chi connectivity index (χ3v) is 5.79. The Morgan fingerprint density at radius 1 is 0.733 bits per heavy atom. The van der Waals surface area contributed by atoms with Crippen molar-refractivity contribution >= 4 is 5.97 Å². The van der Waals surface area contributed by atoms with Crippen LogP contribution in [0.15, 0.2) is 30.3 Å². The van der Waals surface area contributed by atoms with Crippen LogP contribution in [0.2, 0.25) is 0 Å². The molecule has 3 nitrogen and oxygen atoms in total. The van der Waals surface area contributed by atoms with Crippen molar-refractivity contribution in [2.75, 3.05) is 6.61 Å². The lowest BCUT2D eigenvalue weighted by molar-refractivity contribution is -0.153. The molecule has 0 amide bonds. The standard InChI is InChI=1S/C27H46O3/c1-2-3-4-5-6-7-8-9-10-11-12-13-14-15-16-20-23-30-27(29)26(28)24-25-21-18-17-19-22-25/h17-19,21-22,26,28H,2-16,20,23-24H2,1H3. The predicted octanol–water partition coefficient (Wildman–Crippen LogP) is 7.39. The smallest absolute Gasteiger partial charge is 0.335 e. The zero-order valence-corrected chi connectivity index (χ0v) is 19.5. The fourth-order valence-corrected chi connectivity index (χ4v) is 3.84. The maximum absolute atomic E-state index is 11.8. The largest absolute Gasteiger partial charge is 0.464 e. The van der Waals surface area contributed by atoms with E-state index >= 15 is 0 Å². The minimum atomic E-state index is -1.06. The number of esters is 1. The Morgan fingerprint density at radius 3 is 1.63 bits per heavy atom. The number of rotatable bonds is 20. The van der Waals surface area contributed by atoms with E-state index in [1.165, 1.54) is 89.9 Å². The van der Waals surface area contributed by atoms with Crippen molar-refractivity contribution in [2.24, 2.45) is 0 Å². The Hall–Kier alpha value is -1.35. The second-order valence-corrected chi connectivity index (χ2v) is 8.68. The molecule has 0 aromatic heterocycles. The minimum Gasteiger partial charge on any atom is -0.464 e. The van der Waals surface area contributed by atoms with Gasteiger partial charge in [0.25, 0.3) is 0 Å². The molecule has 30 heavy (non-hydrogen) atoms. The summed E-state index contributed by atoms with van der Waals surface area (Å²) in [5, 5.41) is 9.93. The van der Waals surface area contributed by atoms with Gasteiger partial charge in [-0.15, -0.1) is 0 Å². The van der Waals surface area contributed by atoms with Gasteiger partial charge in [-0.2, -0.15) is 0 Å². The third-order valence-electron chi connectivity index (χ3n) is 5.79. The first-order valence-electron chi connectivity index (χ1n) is 12.6. The Labute approximate surface area is 185 Å². The van der Waals surface area contributed by atoms with Crippen LogP contribution < -0.4 is 0 Å². The summed E-state index contributed by atoms with van der Waals surface area (Å²) in [5.74, 6) is -0.500. The van der Waals surface area contributed by atoms with Crippen LogP contribution in [-0.2, 0) is 16.0 Å². The lowest BCUT2D eigenvalue weighted by atomic mass is 10.0. The van der Waals surface area contributed by atoms with Gasteiger partial charge in [0.15, 0.2) is 6.10 Å². The van der Waals surface area contributed by atoms with E-state index in [2.05, 4.69) is 6.92 Å². The van der Waals surface area contributed by atoms with Crippen molar-refractivity contribution in [2.45, 2.75) is 122 Å². The number of carbonyl (C=O) groups is 1. The van der Waals surface area contributed by atoms with E-state index in [-0.39, 0.29) is 0 Å². The van der Waals surface area contributed by atoms with E-state index in [9.17, 15) is 9.90 Å². The molecule has 1 atom stereocenters. The summed E-state index contributed by atoms with van der Waals surface area (Å²) in [4.78, 5) is 11.8. The summed E-state index contributed by atoms with van der Waals surface area (Å²) in [6, 6.07) is 9.55. The van der Waals surface area contributed by atoms with Crippen LogP contribution in [-0.4, -0.2) is 23.8 Å². The topological polar surface area (TPSA) is 46.5 Å². The molecule has 0 aliphatic rings. The van der Waals surface area contributed by atoms with Gasteiger partial charge in [-0.25, -0.2) is 4.79 Å². The van der Waals surface area contributed by atoms with Gasteiger partial charge in [-0.05, 0) is 12.0 Å². The monoisotopic (exact) mass is 418 g/mol. The lowest BCUT2D eigenvalue weighted by Crippen LogP contribution is -2.25. The molecule has 0 saturated carbocycles. The number of unbranched alkanes of at least 4 members (excludes halogenated alkanes) is 15. The number of benzene rings is 1. The second kappa shape index (κ2) is 19.6. The minimum absolute atomic E-state index is 0.318. The summed E-state index contributed by atoms with van der Waals surface area (Å²) in [6.07, 6.45) is 20.5. The van der Waals surface area contributed by atoms with Crippen molar-refractivity contribution in [1.29, 1.82) is 0 Å². The number of carbonyl (C=O) groups excluding carboxylic acids is 1. The maximum atomic E-state index is 11.8. The normalized spacial score (nSPS) is 12.1. The maximum Gasteiger partial charge on any atom is 0.335 e.